The standard InChI is InChI=1S/C60H106O6/c1-4-7-10-13-16-19-22-25-28-30-31-33-35-38-41-44-47-50-53-59(62)65-56-57(55-64-58(61)52-49-46-43-40-37-34-27-24-21-18-15-12-9-6-3)66-60(63)54-51-48-45-42-39-36-32-29-26-23-20-17-14-11-8-5-2/h15,18-19,22,24,27-30,32,57H,4-14,16-17,20-21,23,25-26,31,33-56H2,1-3H3/b18-15-,22-19-,27-24-,30-28-,32-29-. The summed E-state index contributed by atoms with van der Waals surface area (Å²) in [5.74, 6) is -0.907. The van der Waals surface area contributed by atoms with Crippen LogP contribution in [0.3, 0.4) is 0 Å². The largest absolute Gasteiger partial charge is 0.462 e. The molecule has 1 unspecified atom stereocenters. The van der Waals surface area contributed by atoms with E-state index in [4.69, 9.17) is 14.2 Å². The van der Waals surface area contributed by atoms with Crippen LogP contribution in [0.15, 0.2) is 60.8 Å². The molecule has 0 bridgehead atoms. The van der Waals surface area contributed by atoms with Gasteiger partial charge < -0.3 is 14.2 Å². The van der Waals surface area contributed by atoms with Crippen molar-refractivity contribution < 1.29 is 28.6 Å². The molecule has 6 heteroatoms. The van der Waals surface area contributed by atoms with Crippen molar-refractivity contribution in [3.63, 3.8) is 0 Å². The number of carbonyl (C=O) groups is 3. The number of rotatable bonds is 51. The van der Waals surface area contributed by atoms with Gasteiger partial charge in [-0.2, -0.15) is 0 Å². The van der Waals surface area contributed by atoms with Crippen molar-refractivity contribution >= 4 is 17.9 Å². The molecule has 0 N–H and O–H groups in total. The second-order valence-corrected chi connectivity index (χ2v) is 18.8. The molecule has 1 atom stereocenters. The molecular weight excluding hydrogens is 817 g/mol. The first-order chi connectivity index (χ1) is 32.5. The van der Waals surface area contributed by atoms with E-state index in [9.17, 15) is 14.4 Å². The van der Waals surface area contributed by atoms with Crippen molar-refractivity contribution in [2.75, 3.05) is 13.2 Å². The van der Waals surface area contributed by atoms with E-state index in [1.807, 2.05) is 0 Å². The van der Waals surface area contributed by atoms with Gasteiger partial charge in [0.15, 0.2) is 6.10 Å². The number of allylic oxidation sites excluding steroid dienone is 10. The summed E-state index contributed by atoms with van der Waals surface area (Å²) in [6, 6.07) is 0. The van der Waals surface area contributed by atoms with Gasteiger partial charge in [-0.05, 0) is 103 Å². The SMILES string of the molecule is CCCC/C=C\C/C=C\CCCCCCCC(=O)OCC(COC(=O)CCCCCCCCC/C=C\C/C=C\CCCCCC)OC(=O)CCCCCCC/C=C\CCCCCCCCC. The maximum Gasteiger partial charge on any atom is 0.306 e. The van der Waals surface area contributed by atoms with Crippen LogP contribution in [0.5, 0.6) is 0 Å². The van der Waals surface area contributed by atoms with Crippen LogP contribution in [0.2, 0.25) is 0 Å². The molecule has 0 saturated carbocycles. The molecule has 0 amide bonds. The molecule has 0 saturated heterocycles. The molecule has 0 aromatic heterocycles. The fourth-order valence-corrected chi connectivity index (χ4v) is 7.90. The maximum atomic E-state index is 12.8. The second kappa shape index (κ2) is 54.7. The topological polar surface area (TPSA) is 78.9 Å². The molecule has 0 spiro atoms. The Labute approximate surface area is 409 Å². The summed E-state index contributed by atoms with van der Waals surface area (Å²) in [5, 5.41) is 0. The van der Waals surface area contributed by atoms with Gasteiger partial charge in [-0.25, -0.2) is 0 Å². The highest BCUT2D eigenvalue weighted by atomic mass is 16.6. The van der Waals surface area contributed by atoms with Crippen molar-refractivity contribution in [2.24, 2.45) is 0 Å². The smallest absolute Gasteiger partial charge is 0.306 e. The van der Waals surface area contributed by atoms with Gasteiger partial charge in [0.25, 0.3) is 0 Å². The molecule has 0 aliphatic heterocycles. The molecule has 6 nitrogen and oxygen atoms in total. The van der Waals surface area contributed by atoms with Crippen LogP contribution in [0, 0.1) is 0 Å². The van der Waals surface area contributed by atoms with Gasteiger partial charge in [-0.15, -0.1) is 0 Å². The van der Waals surface area contributed by atoms with Crippen LogP contribution in [0.25, 0.3) is 0 Å². The minimum Gasteiger partial charge on any atom is -0.462 e. The van der Waals surface area contributed by atoms with E-state index in [1.165, 1.54) is 141 Å². The average molecular weight is 924 g/mol. The van der Waals surface area contributed by atoms with Gasteiger partial charge in [0.1, 0.15) is 13.2 Å². The van der Waals surface area contributed by atoms with Crippen molar-refractivity contribution in [3.8, 4) is 0 Å². The van der Waals surface area contributed by atoms with E-state index >= 15 is 0 Å². The summed E-state index contributed by atoms with van der Waals surface area (Å²) >= 11 is 0. The minimum absolute atomic E-state index is 0.0856. The molecule has 0 aromatic carbocycles. The van der Waals surface area contributed by atoms with E-state index in [0.717, 1.165) is 103 Å². The number of hydrogen-bond acceptors (Lipinski definition) is 6. The molecule has 0 heterocycles. The monoisotopic (exact) mass is 923 g/mol. The van der Waals surface area contributed by atoms with Gasteiger partial charge >= 0.3 is 17.9 Å². The highest BCUT2D eigenvalue weighted by Gasteiger charge is 2.19. The Morgan fingerprint density at radius 2 is 0.561 bits per heavy atom. The number of esters is 3. The Hall–Kier alpha value is -2.89. The molecule has 0 aliphatic carbocycles. The van der Waals surface area contributed by atoms with Gasteiger partial charge in [0.05, 0.1) is 0 Å². The minimum atomic E-state index is -0.787. The number of carbonyl (C=O) groups excluding carboxylic acids is 3. The van der Waals surface area contributed by atoms with Crippen molar-refractivity contribution in [1.29, 1.82) is 0 Å². The average Bonchev–Trinajstić information content (AvgIpc) is 3.31. The highest BCUT2D eigenvalue weighted by Crippen LogP contribution is 2.15. The zero-order valence-electron chi connectivity index (χ0n) is 43.7. The van der Waals surface area contributed by atoms with E-state index in [2.05, 4.69) is 81.5 Å². The predicted molar refractivity (Wildman–Crippen MR) is 284 cm³/mol. The fourth-order valence-electron chi connectivity index (χ4n) is 7.90. The Morgan fingerprint density at radius 1 is 0.303 bits per heavy atom. The Morgan fingerprint density at radius 3 is 0.909 bits per heavy atom. The number of unbranched alkanes of at least 4 members (excludes halogenated alkanes) is 30. The van der Waals surface area contributed by atoms with E-state index in [1.54, 1.807) is 0 Å². The normalized spacial score (nSPS) is 12.5. The summed E-state index contributed by atoms with van der Waals surface area (Å²) in [6.45, 7) is 6.57. The summed E-state index contributed by atoms with van der Waals surface area (Å²) < 4.78 is 16.8. The van der Waals surface area contributed by atoms with Crippen molar-refractivity contribution in [2.45, 2.75) is 290 Å². The second-order valence-electron chi connectivity index (χ2n) is 18.8. The molecular formula is C60H106O6. The third-order valence-corrected chi connectivity index (χ3v) is 12.2. The van der Waals surface area contributed by atoms with Gasteiger partial charge in [-0.3, -0.25) is 14.4 Å². The zero-order valence-corrected chi connectivity index (χ0v) is 43.7. The number of ether oxygens (including phenoxy) is 3. The molecule has 0 radical (unpaired) electrons. The Kier molecular flexibility index (Phi) is 52.3. The Balaban J connectivity index is 4.41. The summed E-state index contributed by atoms with van der Waals surface area (Å²) in [7, 11) is 0. The maximum absolute atomic E-state index is 12.8. The summed E-state index contributed by atoms with van der Waals surface area (Å²) in [6.07, 6.45) is 67.7. The molecule has 0 aromatic rings. The molecule has 0 aliphatic rings. The first kappa shape index (κ1) is 63.1. The van der Waals surface area contributed by atoms with Crippen LogP contribution < -0.4 is 0 Å². The van der Waals surface area contributed by atoms with Crippen molar-refractivity contribution in [3.05, 3.63) is 60.8 Å². The predicted octanol–water partition coefficient (Wildman–Crippen LogP) is 18.8. The number of hydrogen-bond donors (Lipinski definition) is 0. The highest BCUT2D eigenvalue weighted by molar-refractivity contribution is 5.71. The lowest BCUT2D eigenvalue weighted by Gasteiger charge is -2.18. The summed E-state index contributed by atoms with van der Waals surface area (Å²) in [4.78, 5) is 38.1. The first-order valence-electron chi connectivity index (χ1n) is 28.3. The van der Waals surface area contributed by atoms with Crippen molar-refractivity contribution in [1.82, 2.24) is 0 Å². The lowest BCUT2D eigenvalue weighted by molar-refractivity contribution is -0.167. The van der Waals surface area contributed by atoms with E-state index in [-0.39, 0.29) is 31.1 Å². The zero-order chi connectivity index (χ0) is 47.9. The summed E-state index contributed by atoms with van der Waals surface area (Å²) in [5.41, 5.74) is 0. The van der Waals surface area contributed by atoms with Crippen LogP contribution in [0.1, 0.15) is 284 Å². The lowest BCUT2D eigenvalue weighted by Crippen LogP contribution is -2.30. The van der Waals surface area contributed by atoms with E-state index < -0.39 is 6.10 Å². The third-order valence-electron chi connectivity index (χ3n) is 12.2. The molecule has 0 rings (SSSR count). The lowest BCUT2D eigenvalue weighted by atomic mass is 10.1. The fraction of sp³-hybridized carbons (Fsp3) is 0.783. The van der Waals surface area contributed by atoms with Gasteiger partial charge in [0, 0.05) is 19.3 Å². The molecule has 66 heavy (non-hydrogen) atoms. The van der Waals surface area contributed by atoms with Crippen LogP contribution in [0.4, 0.5) is 0 Å². The van der Waals surface area contributed by atoms with Gasteiger partial charge in [0.2, 0.25) is 0 Å². The quantitative estimate of drug-likeness (QED) is 0.0262. The van der Waals surface area contributed by atoms with Gasteiger partial charge in [-0.1, -0.05) is 223 Å². The first-order valence-corrected chi connectivity index (χ1v) is 28.3. The molecule has 382 valence electrons. The van der Waals surface area contributed by atoms with Crippen LogP contribution >= 0.6 is 0 Å². The van der Waals surface area contributed by atoms with E-state index in [0.29, 0.717) is 19.3 Å². The molecule has 0 fully saturated rings. The third kappa shape index (κ3) is 52.1. The van der Waals surface area contributed by atoms with Crippen LogP contribution in [-0.2, 0) is 28.6 Å². The Bertz CT molecular complexity index is 1200. The van der Waals surface area contributed by atoms with Crippen LogP contribution in [-0.4, -0.2) is 37.2 Å².